The Morgan fingerprint density at radius 3 is 2.65 bits per heavy atom. The monoisotopic (exact) mass is 271 g/mol. The maximum absolute atomic E-state index is 11.1. The summed E-state index contributed by atoms with van der Waals surface area (Å²) in [5.74, 6) is -0.172. The summed E-state index contributed by atoms with van der Waals surface area (Å²) in [6.07, 6.45) is 1.30. The van der Waals surface area contributed by atoms with Gasteiger partial charge in [0.15, 0.2) is 0 Å². The molecule has 0 unspecified atom stereocenters. The zero-order valence-corrected chi connectivity index (χ0v) is 11.8. The third-order valence-electron chi connectivity index (χ3n) is 3.16. The SMILES string of the molecule is COc1ncc(C(=O)O)cc1-c1cccc(C(C)C)c1. The first-order chi connectivity index (χ1) is 9.52. The van der Waals surface area contributed by atoms with Crippen LogP contribution in [0.25, 0.3) is 11.1 Å². The van der Waals surface area contributed by atoms with E-state index in [0.717, 1.165) is 5.56 Å². The summed E-state index contributed by atoms with van der Waals surface area (Å²) in [5, 5.41) is 9.08. The van der Waals surface area contributed by atoms with Crippen molar-refractivity contribution in [2.45, 2.75) is 19.8 Å². The van der Waals surface area contributed by atoms with E-state index in [1.54, 1.807) is 6.07 Å². The van der Waals surface area contributed by atoms with Gasteiger partial charge in [0.1, 0.15) is 0 Å². The van der Waals surface area contributed by atoms with Gasteiger partial charge in [-0.1, -0.05) is 38.1 Å². The molecule has 0 aliphatic carbocycles. The molecule has 0 radical (unpaired) electrons. The molecule has 0 saturated carbocycles. The quantitative estimate of drug-likeness (QED) is 0.923. The molecule has 1 heterocycles. The maximum atomic E-state index is 11.1. The van der Waals surface area contributed by atoms with Crippen molar-refractivity contribution < 1.29 is 14.6 Å². The maximum Gasteiger partial charge on any atom is 0.337 e. The lowest BCUT2D eigenvalue weighted by Crippen LogP contribution is -2.00. The Kier molecular flexibility index (Phi) is 4.03. The van der Waals surface area contributed by atoms with Crippen molar-refractivity contribution in [3.63, 3.8) is 0 Å². The first kappa shape index (κ1) is 14.1. The standard InChI is InChI=1S/C16H17NO3/c1-10(2)11-5-4-6-12(7-11)14-8-13(16(18)19)9-17-15(14)20-3/h4-10H,1-3H3,(H,18,19). The molecule has 0 spiro atoms. The molecule has 1 aromatic heterocycles. The molecule has 1 N–H and O–H groups in total. The highest BCUT2D eigenvalue weighted by atomic mass is 16.5. The molecule has 0 bridgehead atoms. The van der Waals surface area contributed by atoms with E-state index in [0.29, 0.717) is 17.4 Å². The van der Waals surface area contributed by atoms with Gasteiger partial charge in [0, 0.05) is 11.8 Å². The fraction of sp³-hybridized carbons (Fsp3) is 0.250. The fourth-order valence-electron chi connectivity index (χ4n) is 2.00. The van der Waals surface area contributed by atoms with Gasteiger partial charge in [-0.3, -0.25) is 0 Å². The van der Waals surface area contributed by atoms with Gasteiger partial charge >= 0.3 is 5.97 Å². The number of carboxylic acid groups (broad SMARTS) is 1. The van der Waals surface area contributed by atoms with Crippen LogP contribution in [0.15, 0.2) is 36.5 Å². The molecule has 2 aromatic rings. The second-order valence-corrected chi connectivity index (χ2v) is 4.87. The van der Waals surface area contributed by atoms with Crippen LogP contribution in [0.1, 0.15) is 35.7 Å². The highest BCUT2D eigenvalue weighted by Gasteiger charge is 2.13. The van der Waals surface area contributed by atoms with Crippen molar-refractivity contribution in [2.24, 2.45) is 0 Å². The Morgan fingerprint density at radius 2 is 2.05 bits per heavy atom. The van der Waals surface area contributed by atoms with Crippen molar-refractivity contribution in [2.75, 3.05) is 7.11 Å². The summed E-state index contributed by atoms with van der Waals surface area (Å²) < 4.78 is 5.23. The summed E-state index contributed by atoms with van der Waals surface area (Å²) in [6, 6.07) is 9.56. The summed E-state index contributed by atoms with van der Waals surface area (Å²) >= 11 is 0. The van der Waals surface area contributed by atoms with E-state index in [1.807, 2.05) is 18.2 Å². The molecule has 0 amide bonds. The zero-order valence-electron chi connectivity index (χ0n) is 11.8. The number of nitrogens with zero attached hydrogens (tertiary/aromatic N) is 1. The van der Waals surface area contributed by atoms with E-state index in [4.69, 9.17) is 9.84 Å². The molecular weight excluding hydrogens is 254 g/mol. The average molecular weight is 271 g/mol. The van der Waals surface area contributed by atoms with E-state index in [-0.39, 0.29) is 5.56 Å². The van der Waals surface area contributed by atoms with Crippen molar-refractivity contribution in [1.82, 2.24) is 4.98 Å². The number of methoxy groups -OCH3 is 1. The van der Waals surface area contributed by atoms with Gasteiger partial charge < -0.3 is 9.84 Å². The van der Waals surface area contributed by atoms with Crippen LogP contribution >= 0.6 is 0 Å². The molecule has 2 rings (SSSR count). The predicted octanol–water partition coefficient (Wildman–Crippen LogP) is 3.58. The molecular formula is C16H17NO3. The molecule has 4 heteroatoms. The molecule has 4 nitrogen and oxygen atoms in total. The number of aromatic carboxylic acids is 1. The smallest absolute Gasteiger partial charge is 0.337 e. The van der Waals surface area contributed by atoms with E-state index < -0.39 is 5.97 Å². The number of hydrogen-bond acceptors (Lipinski definition) is 3. The van der Waals surface area contributed by atoms with E-state index in [9.17, 15) is 4.79 Å². The van der Waals surface area contributed by atoms with Crippen LogP contribution in [-0.4, -0.2) is 23.2 Å². The van der Waals surface area contributed by atoms with Crippen LogP contribution in [0.5, 0.6) is 5.88 Å². The minimum Gasteiger partial charge on any atom is -0.481 e. The van der Waals surface area contributed by atoms with Crippen molar-refractivity contribution in [3.05, 3.63) is 47.7 Å². The number of benzene rings is 1. The van der Waals surface area contributed by atoms with Crippen molar-refractivity contribution >= 4 is 5.97 Å². The van der Waals surface area contributed by atoms with Crippen molar-refractivity contribution in [1.29, 1.82) is 0 Å². The number of carboxylic acids is 1. The summed E-state index contributed by atoms with van der Waals surface area (Å²) in [6.45, 7) is 4.23. The molecule has 20 heavy (non-hydrogen) atoms. The van der Waals surface area contributed by atoms with Crippen molar-refractivity contribution in [3.8, 4) is 17.0 Å². The molecule has 0 aliphatic heterocycles. The fourth-order valence-corrected chi connectivity index (χ4v) is 2.00. The largest absolute Gasteiger partial charge is 0.481 e. The normalized spacial score (nSPS) is 10.6. The van der Waals surface area contributed by atoms with E-state index in [1.165, 1.54) is 18.9 Å². The molecule has 0 aliphatic rings. The van der Waals surface area contributed by atoms with Gasteiger partial charge in [-0.05, 0) is 23.1 Å². The lowest BCUT2D eigenvalue weighted by molar-refractivity contribution is 0.0696. The van der Waals surface area contributed by atoms with Crippen LogP contribution in [0, 0.1) is 0 Å². The summed E-state index contributed by atoms with van der Waals surface area (Å²) in [4.78, 5) is 15.1. The first-order valence-corrected chi connectivity index (χ1v) is 6.40. The number of carbonyl (C=O) groups is 1. The lowest BCUT2D eigenvalue weighted by Gasteiger charge is -2.11. The van der Waals surface area contributed by atoms with Gasteiger partial charge in [0.05, 0.1) is 12.7 Å². The minimum absolute atomic E-state index is 0.149. The topological polar surface area (TPSA) is 59.4 Å². The Morgan fingerprint density at radius 1 is 1.30 bits per heavy atom. The van der Waals surface area contributed by atoms with Gasteiger partial charge in [-0.25, -0.2) is 9.78 Å². The lowest BCUT2D eigenvalue weighted by atomic mass is 9.97. The number of hydrogen-bond donors (Lipinski definition) is 1. The van der Waals surface area contributed by atoms with Crippen LogP contribution in [0.4, 0.5) is 0 Å². The van der Waals surface area contributed by atoms with Crippen LogP contribution in [0.3, 0.4) is 0 Å². The zero-order chi connectivity index (χ0) is 14.7. The second-order valence-electron chi connectivity index (χ2n) is 4.87. The average Bonchev–Trinajstić information content (AvgIpc) is 2.46. The number of pyridine rings is 1. The van der Waals surface area contributed by atoms with Gasteiger partial charge in [0.2, 0.25) is 5.88 Å². The highest BCUT2D eigenvalue weighted by Crippen LogP contribution is 2.30. The number of rotatable bonds is 4. The Labute approximate surface area is 118 Å². The highest BCUT2D eigenvalue weighted by molar-refractivity contribution is 5.89. The van der Waals surface area contributed by atoms with Crippen LogP contribution in [0.2, 0.25) is 0 Å². The summed E-state index contributed by atoms with van der Waals surface area (Å²) in [5.41, 5.74) is 2.93. The van der Waals surface area contributed by atoms with Crippen LogP contribution < -0.4 is 4.74 Å². The molecule has 0 atom stereocenters. The number of aromatic nitrogens is 1. The van der Waals surface area contributed by atoms with E-state index >= 15 is 0 Å². The van der Waals surface area contributed by atoms with Gasteiger partial charge in [-0.15, -0.1) is 0 Å². The molecule has 0 saturated heterocycles. The predicted molar refractivity (Wildman–Crippen MR) is 77.3 cm³/mol. The molecule has 1 aromatic carbocycles. The molecule has 104 valence electrons. The van der Waals surface area contributed by atoms with Gasteiger partial charge in [-0.2, -0.15) is 0 Å². The Balaban J connectivity index is 2.57. The van der Waals surface area contributed by atoms with Crippen LogP contribution in [-0.2, 0) is 0 Å². The molecule has 0 fully saturated rings. The minimum atomic E-state index is -0.999. The Hall–Kier alpha value is -2.36. The van der Waals surface area contributed by atoms with Gasteiger partial charge in [0.25, 0.3) is 0 Å². The third kappa shape index (κ3) is 2.79. The Bertz CT molecular complexity index is 635. The summed E-state index contributed by atoms with van der Waals surface area (Å²) in [7, 11) is 1.53. The second kappa shape index (κ2) is 5.74. The third-order valence-corrected chi connectivity index (χ3v) is 3.16. The number of ether oxygens (including phenoxy) is 1. The first-order valence-electron chi connectivity index (χ1n) is 6.40. The van der Waals surface area contributed by atoms with E-state index in [2.05, 4.69) is 24.9 Å².